The molecule has 5 nitrogen and oxygen atoms in total. The van der Waals surface area contributed by atoms with Crippen LogP contribution in [-0.2, 0) is 6.18 Å². The molecule has 30 heavy (non-hydrogen) atoms. The molecule has 0 aliphatic heterocycles. The van der Waals surface area contributed by atoms with Crippen molar-refractivity contribution in [1.29, 1.82) is 0 Å². The highest BCUT2D eigenvalue weighted by atomic mass is 35.5. The molecule has 2 aromatic carbocycles. The van der Waals surface area contributed by atoms with Crippen molar-refractivity contribution in [1.82, 2.24) is 15.0 Å². The smallest absolute Gasteiger partial charge is 0.338 e. The number of nitrogens with zero attached hydrogens (tertiary/aromatic N) is 3. The van der Waals surface area contributed by atoms with Gasteiger partial charge in [-0.2, -0.15) is 13.2 Å². The molecule has 4 rings (SSSR count). The number of halogens is 5. The summed E-state index contributed by atoms with van der Waals surface area (Å²) in [6.07, 6.45) is -3.57. The molecule has 0 aliphatic carbocycles. The molecular weight excluding hydrogens is 422 g/mol. The molecule has 4 aromatic rings. The van der Waals surface area contributed by atoms with Crippen molar-refractivity contribution in [3.05, 3.63) is 77.3 Å². The maximum absolute atomic E-state index is 14.6. The van der Waals surface area contributed by atoms with Crippen molar-refractivity contribution in [2.24, 2.45) is 0 Å². The highest BCUT2D eigenvalue weighted by molar-refractivity contribution is 6.35. The number of benzene rings is 2. The number of hydrogen-bond donors (Lipinski definition) is 2. The fourth-order valence-corrected chi connectivity index (χ4v) is 3.00. The van der Waals surface area contributed by atoms with Gasteiger partial charge in [0.05, 0.1) is 10.5 Å². The minimum absolute atomic E-state index is 0.0604. The van der Waals surface area contributed by atoms with Crippen LogP contribution in [0.1, 0.15) is 5.69 Å². The fraction of sp³-hybridized carbons (Fsp3) is 0.0500. The summed E-state index contributed by atoms with van der Waals surface area (Å²) in [6, 6.07) is 14.0. The van der Waals surface area contributed by atoms with Crippen molar-refractivity contribution in [2.75, 3.05) is 10.6 Å². The molecule has 2 heterocycles. The Balaban J connectivity index is 1.61. The zero-order chi connectivity index (χ0) is 21.3. The Bertz CT molecular complexity index is 1230. The quantitative estimate of drug-likeness (QED) is 0.368. The molecule has 2 aromatic heterocycles. The summed E-state index contributed by atoms with van der Waals surface area (Å²) in [6.45, 7) is 0. The molecule has 0 aliphatic rings. The Labute approximate surface area is 172 Å². The Kier molecular flexibility index (Phi) is 5.13. The number of rotatable bonds is 4. The molecule has 152 valence electrons. The van der Waals surface area contributed by atoms with Gasteiger partial charge in [-0.25, -0.2) is 19.3 Å². The Morgan fingerprint density at radius 3 is 2.37 bits per heavy atom. The third-order valence-corrected chi connectivity index (χ3v) is 4.47. The van der Waals surface area contributed by atoms with Gasteiger partial charge in [-0.05, 0) is 30.3 Å². The normalized spacial score (nSPS) is 11.5. The molecule has 0 bridgehead atoms. The monoisotopic (exact) mass is 433 g/mol. The Morgan fingerprint density at radius 1 is 0.867 bits per heavy atom. The first-order chi connectivity index (χ1) is 14.3. The van der Waals surface area contributed by atoms with E-state index in [1.54, 1.807) is 48.5 Å². The molecule has 10 heteroatoms. The highest BCUT2D eigenvalue weighted by Gasteiger charge is 2.32. The standard InChI is InChI=1S/C20H12ClF4N5/c21-16-13-6-1-2-7-14(13)29-18(17(16)22)27-11-4-3-5-12(10-11)28-19-26-9-8-15(30-19)20(23,24)25/h1-10H,(H,27,29)(H,26,28,30). The largest absolute Gasteiger partial charge is 0.433 e. The maximum atomic E-state index is 14.6. The zero-order valence-electron chi connectivity index (χ0n) is 15.0. The van der Waals surface area contributed by atoms with E-state index >= 15 is 0 Å². The van der Waals surface area contributed by atoms with Crippen LogP contribution in [-0.4, -0.2) is 15.0 Å². The van der Waals surface area contributed by atoms with E-state index in [-0.39, 0.29) is 16.8 Å². The van der Waals surface area contributed by atoms with E-state index in [1.807, 2.05) is 0 Å². The van der Waals surface area contributed by atoms with Gasteiger partial charge >= 0.3 is 6.18 Å². The number of hydrogen-bond acceptors (Lipinski definition) is 5. The van der Waals surface area contributed by atoms with Crippen molar-refractivity contribution >= 4 is 45.6 Å². The van der Waals surface area contributed by atoms with Crippen molar-refractivity contribution in [3.63, 3.8) is 0 Å². The average molecular weight is 434 g/mol. The summed E-state index contributed by atoms with van der Waals surface area (Å²) in [4.78, 5) is 11.5. The molecule has 0 radical (unpaired) electrons. The van der Waals surface area contributed by atoms with Gasteiger partial charge in [0, 0.05) is 23.0 Å². The van der Waals surface area contributed by atoms with Crippen LogP contribution in [0.2, 0.25) is 5.02 Å². The van der Waals surface area contributed by atoms with E-state index in [0.29, 0.717) is 22.3 Å². The van der Waals surface area contributed by atoms with Gasteiger partial charge < -0.3 is 10.6 Å². The lowest BCUT2D eigenvalue weighted by Gasteiger charge is -2.12. The van der Waals surface area contributed by atoms with Gasteiger partial charge in [-0.3, -0.25) is 0 Å². The van der Waals surface area contributed by atoms with Crippen LogP contribution >= 0.6 is 11.6 Å². The van der Waals surface area contributed by atoms with Crippen LogP contribution < -0.4 is 10.6 Å². The van der Waals surface area contributed by atoms with E-state index in [9.17, 15) is 17.6 Å². The third-order valence-electron chi connectivity index (χ3n) is 4.10. The van der Waals surface area contributed by atoms with E-state index in [2.05, 4.69) is 25.6 Å². The summed E-state index contributed by atoms with van der Waals surface area (Å²) >= 11 is 6.11. The zero-order valence-corrected chi connectivity index (χ0v) is 15.8. The van der Waals surface area contributed by atoms with Gasteiger partial charge in [0.2, 0.25) is 5.95 Å². The highest BCUT2D eigenvalue weighted by Crippen LogP contribution is 2.32. The molecule has 0 amide bonds. The molecular formula is C20H12ClF4N5. The average Bonchev–Trinajstić information content (AvgIpc) is 2.72. The number of nitrogens with one attached hydrogen (secondary N) is 2. The number of alkyl halides is 3. The molecule has 0 saturated heterocycles. The molecule has 0 saturated carbocycles. The third kappa shape index (κ3) is 4.11. The van der Waals surface area contributed by atoms with E-state index in [4.69, 9.17) is 11.6 Å². The molecule has 0 unspecified atom stereocenters. The van der Waals surface area contributed by atoms with Gasteiger partial charge in [-0.1, -0.05) is 35.9 Å². The molecule has 2 N–H and O–H groups in total. The first-order valence-corrected chi connectivity index (χ1v) is 8.97. The molecule has 0 atom stereocenters. The van der Waals surface area contributed by atoms with Gasteiger partial charge in [0.25, 0.3) is 0 Å². The summed E-state index contributed by atoms with van der Waals surface area (Å²) in [5.74, 6) is -1.01. The van der Waals surface area contributed by atoms with Crippen molar-refractivity contribution in [3.8, 4) is 0 Å². The van der Waals surface area contributed by atoms with Gasteiger partial charge in [-0.15, -0.1) is 0 Å². The SMILES string of the molecule is Fc1c(Nc2cccc(Nc3nccc(C(F)(F)F)n3)c2)nc2ccccc2c1Cl. The number of para-hydroxylation sites is 1. The number of fused-ring (bicyclic) bond motifs is 1. The van der Waals surface area contributed by atoms with E-state index < -0.39 is 17.7 Å². The van der Waals surface area contributed by atoms with Crippen LogP contribution in [0.15, 0.2) is 60.8 Å². The lowest BCUT2D eigenvalue weighted by molar-refractivity contribution is -0.141. The first kappa shape index (κ1) is 19.8. The van der Waals surface area contributed by atoms with Crippen LogP contribution in [0, 0.1) is 5.82 Å². The van der Waals surface area contributed by atoms with E-state index in [1.165, 1.54) is 0 Å². The summed E-state index contributed by atoms with van der Waals surface area (Å²) < 4.78 is 53.1. The minimum Gasteiger partial charge on any atom is -0.338 e. The topological polar surface area (TPSA) is 62.7 Å². The second-order valence-corrected chi connectivity index (χ2v) is 6.58. The van der Waals surface area contributed by atoms with Crippen LogP contribution in [0.3, 0.4) is 0 Å². The van der Waals surface area contributed by atoms with Crippen LogP contribution in [0.5, 0.6) is 0 Å². The van der Waals surface area contributed by atoms with Crippen LogP contribution in [0.25, 0.3) is 10.9 Å². The van der Waals surface area contributed by atoms with Gasteiger partial charge in [0.15, 0.2) is 11.6 Å². The second kappa shape index (κ2) is 7.75. The first-order valence-electron chi connectivity index (χ1n) is 8.59. The summed E-state index contributed by atoms with van der Waals surface area (Å²) in [7, 11) is 0. The summed E-state index contributed by atoms with van der Waals surface area (Å²) in [5, 5.41) is 5.96. The van der Waals surface area contributed by atoms with Crippen molar-refractivity contribution < 1.29 is 17.6 Å². The number of anilines is 4. The number of aromatic nitrogens is 3. The Morgan fingerprint density at radius 2 is 1.60 bits per heavy atom. The summed E-state index contributed by atoms with van der Waals surface area (Å²) in [5.41, 5.74) is 0.278. The predicted octanol–water partition coefficient (Wildman–Crippen LogP) is 6.32. The minimum atomic E-state index is -4.58. The lowest BCUT2D eigenvalue weighted by Crippen LogP contribution is -2.10. The molecule has 0 spiro atoms. The van der Waals surface area contributed by atoms with Crippen LogP contribution in [0.4, 0.5) is 40.7 Å². The predicted molar refractivity (Wildman–Crippen MR) is 107 cm³/mol. The lowest BCUT2D eigenvalue weighted by atomic mass is 10.2. The van der Waals surface area contributed by atoms with E-state index in [0.717, 1.165) is 12.3 Å². The second-order valence-electron chi connectivity index (χ2n) is 6.20. The maximum Gasteiger partial charge on any atom is 0.433 e. The van der Waals surface area contributed by atoms with Crippen molar-refractivity contribution in [2.45, 2.75) is 6.18 Å². The molecule has 0 fully saturated rings. The van der Waals surface area contributed by atoms with Gasteiger partial charge in [0.1, 0.15) is 5.69 Å². The number of pyridine rings is 1. The fourth-order valence-electron chi connectivity index (χ4n) is 2.75. The Hall–Kier alpha value is -3.46.